The van der Waals surface area contributed by atoms with Crippen LogP contribution >= 0.6 is 0 Å². The van der Waals surface area contributed by atoms with E-state index in [1.807, 2.05) is 73.7 Å². The van der Waals surface area contributed by atoms with E-state index in [2.05, 4.69) is 10.6 Å². The van der Waals surface area contributed by atoms with Gasteiger partial charge in [0.25, 0.3) is 10.1 Å². The highest BCUT2D eigenvalue weighted by Gasteiger charge is 2.44. The van der Waals surface area contributed by atoms with Crippen molar-refractivity contribution in [2.75, 3.05) is 11.9 Å². The molecule has 3 amide bonds. The van der Waals surface area contributed by atoms with Crippen molar-refractivity contribution < 1.29 is 31.7 Å². The highest BCUT2D eigenvalue weighted by molar-refractivity contribution is 7.86. The fraction of sp³-hybridized carbons (Fsp3) is 0.306. The first-order valence-corrected chi connectivity index (χ1v) is 16.8. The summed E-state index contributed by atoms with van der Waals surface area (Å²) >= 11 is 0. The van der Waals surface area contributed by atoms with E-state index < -0.39 is 51.8 Å². The molecule has 1 fully saturated rings. The summed E-state index contributed by atoms with van der Waals surface area (Å²) in [5, 5.41) is 7.48. The summed E-state index contributed by atoms with van der Waals surface area (Å²) in [6.07, 6.45) is -1.78. The Bertz CT molecular complexity index is 1860. The Morgan fingerprint density at radius 1 is 0.894 bits per heavy atom. The maximum atomic E-state index is 14.3. The minimum Gasteiger partial charge on any atom is -0.444 e. The van der Waals surface area contributed by atoms with Crippen molar-refractivity contribution in [3.05, 3.63) is 108 Å². The Morgan fingerprint density at radius 2 is 1.55 bits per heavy atom. The molecule has 1 saturated heterocycles. The number of nitrogens with zero attached hydrogens (tertiary/aromatic N) is 1. The molecule has 0 spiro atoms. The average molecular weight is 658 g/mol. The number of likely N-dealkylation sites (tertiary alicyclic amines) is 1. The first-order chi connectivity index (χ1) is 22.3. The first-order valence-electron chi connectivity index (χ1n) is 15.4. The number of carbonyl (C=O) groups is 3. The molecule has 0 radical (unpaired) electrons. The average Bonchev–Trinajstić information content (AvgIpc) is 3.43. The third-order valence-electron chi connectivity index (χ3n) is 7.71. The van der Waals surface area contributed by atoms with Crippen LogP contribution in [0.25, 0.3) is 10.8 Å². The van der Waals surface area contributed by atoms with Gasteiger partial charge in [-0.2, -0.15) is 8.42 Å². The minimum absolute atomic E-state index is 0.0291. The summed E-state index contributed by atoms with van der Waals surface area (Å²) < 4.78 is 37.5. The quantitative estimate of drug-likeness (QED) is 0.224. The number of nitrogens with one attached hydrogen (secondary N) is 2. The van der Waals surface area contributed by atoms with E-state index in [4.69, 9.17) is 8.92 Å². The number of amides is 3. The molecule has 0 bridgehead atoms. The van der Waals surface area contributed by atoms with Gasteiger partial charge in [-0.25, -0.2) is 4.79 Å². The van der Waals surface area contributed by atoms with E-state index in [0.717, 1.165) is 21.9 Å². The second-order valence-corrected chi connectivity index (χ2v) is 14.2. The van der Waals surface area contributed by atoms with Gasteiger partial charge in [-0.05, 0) is 68.3 Å². The van der Waals surface area contributed by atoms with Crippen molar-refractivity contribution in [1.29, 1.82) is 0 Å². The summed E-state index contributed by atoms with van der Waals surface area (Å²) in [5.74, 6) is -1.08. The predicted molar refractivity (Wildman–Crippen MR) is 179 cm³/mol. The van der Waals surface area contributed by atoms with Crippen LogP contribution < -0.4 is 10.6 Å². The van der Waals surface area contributed by atoms with E-state index in [9.17, 15) is 22.8 Å². The number of rotatable bonds is 9. The molecule has 4 aromatic rings. The molecule has 1 heterocycles. The molecule has 2 N–H and O–H groups in total. The van der Waals surface area contributed by atoms with Crippen LogP contribution in [-0.4, -0.2) is 61.6 Å². The molecule has 246 valence electrons. The van der Waals surface area contributed by atoms with E-state index in [1.165, 1.54) is 17.0 Å². The lowest BCUT2D eigenvalue weighted by atomic mass is 10.0. The maximum absolute atomic E-state index is 14.3. The third kappa shape index (κ3) is 8.75. The monoisotopic (exact) mass is 657 g/mol. The van der Waals surface area contributed by atoms with E-state index in [0.29, 0.717) is 5.69 Å². The summed E-state index contributed by atoms with van der Waals surface area (Å²) in [7, 11) is -4.21. The van der Waals surface area contributed by atoms with Crippen molar-refractivity contribution in [3.63, 3.8) is 0 Å². The Kier molecular flexibility index (Phi) is 9.97. The van der Waals surface area contributed by atoms with Gasteiger partial charge in [0, 0.05) is 25.1 Å². The lowest BCUT2D eigenvalue weighted by Crippen LogP contribution is -2.54. The Morgan fingerprint density at radius 3 is 2.23 bits per heavy atom. The lowest BCUT2D eigenvalue weighted by Gasteiger charge is -2.29. The second-order valence-electron chi connectivity index (χ2n) is 12.7. The van der Waals surface area contributed by atoms with Crippen LogP contribution in [0.2, 0.25) is 0 Å². The van der Waals surface area contributed by atoms with Crippen LogP contribution in [0, 0.1) is 6.92 Å². The van der Waals surface area contributed by atoms with Gasteiger partial charge in [0.15, 0.2) is 0 Å². The number of fused-ring (bicyclic) bond motifs is 1. The summed E-state index contributed by atoms with van der Waals surface area (Å²) in [6.45, 7) is 6.79. The van der Waals surface area contributed by atoms with E-state index >= 15 is 0 Å². The van der Waals surface area contributed by atoms with Gasteiger partial charge in [0.2, 0.25) is 11.8 Å². The topological polar surface area (TPSA) is 131 Å². The smallest absolute Gasteiger partial charge is 0.408 e. The number of aryl methyl sites for hydroxylation is 1. The number of alkyl carbamates (subject to hydrolysis) is 1. The summed E-state index contributed by atoms with van der Waals surface area (Å²) in [5.41, 5.74) is 1.36. The molecular formula is C36H39N3O7S. The highest BCUT2D eigenvalue weighted by Crippen LogP contribution is 2.28. The molecule has 0 unspecified atom stereocenters. The number of carbonyl (C=O) groups excluding carboxylic acids is 3. The number of benzene rings is 4. The van der Waals surface area contributed by atoms with Crippen molar-refractivity contribution in [2.24, 2.45) is 0 Å². The van der Waals surface area contributed by atoms with Crippen LogP contribution in [0.3, 0.4) is 0 Å². The van der Waals surface area contributed by atoms with Crippen LogP contribution in [0.4, 0.5) is 10.5 Å². The van der Waals surface area contributed by atoms with Gasteiger partial charge in [0.05, 0.1) is 11.0 Å². The fourth-order valence-corrected chi connectivity index (χ4v) is 6.57. The summed E-state index contributed by atoms with van der Waals surface area (Å²) in [6, 6.07) is 26.3. The van der Waals surface area contributed by atoms with Crippen LogP contribution in [0.15, 0.2) is 102 Å². The molecule has 3 atom stereocenters. The Balaban J connectivity index is 1.44. The molecule has 4 aromatic carbocycles. The number of hydrogen-bond acceptors (Lipinski definition) is 7. The number of ether oxygens (including phenoxy) is 1. The molecule has 47 heavy (non-hydrogen) atoms. The van der Waals surface area contributed by atoms with Crippen molar-refractivity contribution in [2.45, 2.75) is 69.2 Å². The normalized spacial score (nSPS) is 17.2. The zero-order chi connectivity index (χ0) is 33.8. The number of hydrogen-bond donors (Lipinski definition) is 2. The molecule has 1 aliphatic rings. The van der Waals surface area contributed by atoms with Gasteiger partial charge in [-0.3, -0.25) is 13.8 Å². The predicted octanol–water partition coefficient (Wildman–Crippen LogP) is 5.60. The van der Waals surface area contributed by atoms with Gasteiger partial charge < -0.3 is 20.3 Å². The Labute approximate surface area is 275 Å². The van der Waals surface area contributed by atoms with Gasteiger partial charge in [-0.15, -0.1) is 0 Å². The zero-order valence-electron chi connectivity index (χ0n) is 26.8. The standard InChI is InChI=1S/C36H39N3O7S/c1-24-14-18-30(19-15-24)47(43,44)46-29-22-32(33(40)37-28-17-16-26-12-8-9-13-27(26)21-28)39(23-29)34(41)31(20-25-10-6-5-7-11-25)38-35(42)45-36(2,3)4/h5-19,21,29,31-32H,20,22-23H2,1-4H3,(H,37,40)(H,38,42)/t29-,31+,32+/m1/s1. The van der Waals surface area contributed by atoms with Gasteiger partial charge >= 0.3 is 6.09 Å². The van der Waals surface area contributed by atoms with Gasteiger partial charge in [-0.1, -0.05) is 78.4 Å². The molecule has 5 rings (SSSR count). The Hall–Kier alpha value is -4.74. The van der Waals surface area contributed by atoms with Gasteiger partial charge in [0.1, 0.15) is 17.7 Å². The molecule has 1 aliphatic heterocycles. The zero-order valence-corrected chi connectivity index (χ0v) is 27.6. The first kappa shape index (κ1) is 33.6. The third-order valence-corrected chi connectivity index (χ3v) is 9.08. The van der Waals surface area contributed by atoms with Crippen molar-refractivity contribution >= 4 is 44.5 Å². The fourth-order valence-electron chi connectivity index (χ4n) is 5.49. The van der Waals surface area contributed by atoms with Crippen molar-refractivity contribution in [1.82, 2.24) is 10.2 Å². The SMILES string of the molecule is Cc1ccc(S(=O)(=O)O[C@@H]2C[C@@H](C(=O)Nc3ccc4ccccc4c3)N(C(=O)[C@H](Cc3ccccc3)NC(=O)OC(C)(C)C)C2)cc1. The molecule has 0 aliphatic carbocycles. The molecule has 0 saturated carbocycles. The van der Waals surface area contributed by atoms with Crippen LogP contribution in [-0.2, 0) is 35.0 Å². The molecule has 0 aromatic heterocycles. The second kappa shape index (κ2) is 13.9. The molecule has 10 nitrogen and oxygen atoms in total. The largest absolute Gasteiger partial charge is 0.444 e. The number of anilines is 1. The van der Waals surface area contributed by atoms with Crippen LogP contribution in [0.5, 0.6) is 0 Å². The van der Waals surface area contributed by atoms with E-state index in [1.54, 1.807) is 39.0 Å². The van der Waals surface area contributed by atoms with E-state index in [-0.39, 0.29) is 24.3 Å². The highest BCUT2D eigenvalue weighted by atomic mass is 32.2. The van der Waals surface area contributed by atoms with Crippen LogP contribution in [0.1, 0.15) is 38.3 Å². The molecule has 11 heteroatoms. The lowest BCUT2D eigenvalue weighted by molar-refractivity contribution is -0.138. The maximum Gasteiger partial charge on any atom is 0.408 e. The molecular weight excluding hydrogens is 618 g/mol. The van der Waals surface area contributed by atoms with Crippen molar-refractivity contribution in [3.8, 4) is 0 Å². The minimum atomic E-state index is -4.21. The summed E-state index contributed by atoms with van der Waals surface area (Å²) in [4.78, 5) is 42.3.